The predicted octanol–water partition coefficient (Wildman–Crippen LogP) is -4.48. The molecule has 0 amide bonds. The molecule has 2 fully saturated rings. The van der Waals surface area contributed by atoms with E-state index in [-0.39, 0.29) is 23.1 Å². The van der Waals surface area contributed by atoms with Crippen LogP contribution < -0.4 is 30.9 Å². The van der Waals surface area contributed by atoms with Crippen LogP contribution in [0.4, 0.5) is 11.9 Å². The van der Waals surface area contributed by atoms with E-state index in [1.54, 1.807) is 4.90 Å². The van der Waals surface area contributed by atoms with Crippen LogP contribution >= 0.6 is 23.5 Å². The van der Waals surface area contributed by atoms with Gasteiger partial charge in [-0.1, -0.05) is 0 Å². The van der Waals surface area contributed by atoms with E-state index in [9.17, 15) is 43.4 Å². The molecule has 0 radical (unpaired) electrons. The third kappa shape index (κ3) is 6.92. The Morgan fingerprint density at radius 1 is 1.08 bits per heavy atom. The van der Waals surface area contributed by atoms with Gasteiger partial charge >= 0.3 is 0 Å². The molecular formula is C15H23N7O14P3-3. The maximum atomic E-state index is 12.5. The summed E-state index contributed by atoms with van der Waals surface area (Å²) in [6.07, 6.45) is -6.75. The fourth-order valence-electron chi connectivity index (χ4n) is 3.99. The van der Waals surface area contributed by atoms with E-state index in [4.69, 9.17) is 15.4 Å². The Morgan fingerprint density at radius 2 is 1.72 bits per heavy atom. The first-order valence-electron chi connectivity index (χ1n) is 10.9. The normalized spacial score (nSPS) is 29.3. The van der Waals surface area contributed by atoms with Crippen molar-refractivity contribution in [1.29, 1.82) is 0 Å². The molecule has 0 aliphatic carbocycles. The molecule has 0 spiro atoms. The molecule has 5 unspecified atom stereocenters. The molecule has 39 heavy (non-hydrogen) atoms. The number of aromatic nitrogens is 4. The first kappa shape index (κ1) is 30.2. The number of phosphoric acid groups is 3. The molecule has 6 N–H and O–H groups in total. The second-order valence-corrected chi connectivity index (χ2v) is 12.9. The first-order chi connectivity index (χ1) is 18.0. The van der Waals surface area contributed by atoms with Crippen molar-refractivity contribution >= 4 is 46.5 Å². The molecule has 2 saturated heterocycles. The Bertz CT molecular complexity index is 1420. The Labute approximate surface area is 218 Å². The van der Waals surface area contributed by atoms with Crippen molar-refractivity contribution in [3.05, 3.63) is 10.4 Å². The third-order valence-electron chi connectivity index (χ3n) is 5.73. The molecule has 2 aliphatic heterocycles. The number of aromatic amines is 1. The summed E-state index contributed by atoms with van der Waals surface area (Å²) in [5, 5.41) is 21.3. The number of fused-ring (bicyclic) bond motifs is 1. The summed E-state index contributed by atoms with van der Waals surface area (Å²) in [7, 11) is -16.0. The molecule has 21 nitrogen and oxygen atoms in total. The first-order valence-corrected chi connectivity index (χ1v) is 15.3. The van der Waals surface area contributed by atoms with E-state index in [0.717, 1.165) is 0 Å². The lowest BCUT2D eigenvalue weighted by atomic mass is 10.1. The SMILES string of the molecule is CN1CCN(c2nc3c(=O)[nH]c(N)nc3n2[C@@H]2O[C@H](COP(=O)([O-])OP(=O)([O-])OP(=O)([O-])O)C(O)C2O)CC1. The second-order valence-electron chi connectivity index (χ2n) is 8.56. The van der Waals surface area contributed by atoms with Gasteiger partial charge in [0, 0.05) is 26.2 Å². The van der Waals surface area contributed by atoms with Gasteiger partial charge in [0.2, 0.25) is 11.9 Å². The molecule has 24 heteroatoms. The number of nitrogens with one attached hydrogen (secondary N) is 1. The van der Waals surface area contributed by atoms with Crippen LogP contribution in [0.5, 0.6) is 0 Å². The van der Waals surface area contributed by atoms with Crippen molar-refractivity contribution < 1.29 is 61.4 Å². The van der Waals surface area contributed by atoms with Crippen LogP contribution in [0.15, 0.2) is 4.79 Å². The van der Waals surface area contributed by atoms with E-state index in [1.807, 2.05) is 11.9 Å². The van der Waals surface area contributed by atoms with Gasteiger partial charge in [-0.05, 0) is 7.05 Å². The second kappa shape index (κ2) is 10.9. The van der Waals surface area contributed by atoms with Crippen molar-refractivity contribution in [3.63, 3.8) is 0 Å². The van der Waals surface area contributed by atoms with Crippen molar-refractivity contribution in [3.8, 4) is 0 Å². The van der Waals surface area contributed by atoms with Crippen molar-refractivity contribution in [2.24, 2.45) is 0 Å². The van der Waals surface area contributed by atoms with Gasteiger partial charge in [-0.3, -0.25) is 28.0 Å². The zero-order valence-corrected chi connectivity index (χ0v) is 22.5. The van der Waals surface area contributed by atoms with Crippen molar-refractivity contribution in [2.45, 2.75) is 24.5 Å². The number of hydrogen-bond donors (Lipinski definition) is 5. The highest BCUT2D eigenvalue weighted by atomic mass is 31.3. The molecule has 4 rings (SSSR count). The lowest BCUT2D eigenvalue weighted by Gasteiger charge is -2.34. The minimum Gasteiger partial charge on any atom is -0.756 e. The lowest BCUT2D eigenvalue weighted by Crippen LogP contribution is -2.46. The molecular weight excluding hydrogens is 595 g/mol. The van der Waals surface area contributed by atoms with Gasteiger partial charge in [0.15, 0.2) is 17.4 Å². The van der Waals surface area contributed by atoms with Crippen molar-refractivity contribution in [2.75, 3.05) is 50.5 Å². The third-order valence-corrected chi connectivity index (χ3v) is 9.42. The fraction of sp³-hybridized carbons (Fsp3) is 0.667. The van der Waals surface area contributed by atoms with Crippen LogP contribution in [0.1, 0.15) is 6.23 Å². The summed E-state index contributed by atoms with van der Waals surface area (Å²) in [5.41, 5.74) is 4.71. The summed E-state index contributed by atoms with van der Waals surface area (Å²) >= 11 is 0. The number of aliphatic hydroxyl groups is 2. The Balaban J connectivity index is 1.59. The topological polar surface area (TPSA) is 314 Å². The molecule has 2 aromatic rings. The molecule has 2 aliphatic rings. The van der Waals surface area contributed by atoms with Gasteiger partial charge in [-0.2, -0.15) is 4.98 Å². The molecule has 0 bridgehead atoms. The average molecular weight is 618 g/mol. The Morgan fingerprint density at radius 3 is 2.33 bits per heavy atom. The quantitative estimate of drug-likeness (QED) is 0.165. The highest BCUT2D eigenvalue weighted by Gasteiger charge is 2.46. The number of nitrogens with two attached hydrogens (primary N) is 1. The predicted molar refractivity (Wildman–Crippen MR) is 121 cm³/mol. The summed E-state index contributed by atoms with van der Waals surface area (Å²) in [4.78, 5) is 69.3. The molecule has 220 valence electrons. The van der Waals surface area contributed by atoms with Gasteiger partial charge < -0.3 is 54.6 Å². The smallest absolute Gasteiger partial charge is 0.280 e. The van der Waals surface area contributed by atoms with E-state index in [0.29, 0.717) is 26.2 Å². The average Bonchev–Trinajstić information content (AvgIpc) is 3.28. The lowest BCUT2D eigenvalue weighted by molar-refractivity contribution is -0.250. The minimum absolute atomic E-state index is 0.115. The van der Waals surface area contributed by atoms with Crippen LogP contribution in [0, 0.1) is 0 Å². The number of H-pyrrole nitrogens is 1. The maximum absolute atomic E-state index is 12.5. The maximum Gasteiger partial charge on any atom is 0.280 e. The number of nitrogen functional groups attached to an aromatic ring is 1. The van der Waals surface area contributed by atoms with Crippen molar-refractivity contribution in [1.82, 2.24) is 24.4 Å². The van der Waals surface area contributed by atoms with Gasteiger partial charge in [0.25, 0.3) is 29.0 Å². The molecule has 0 saturated carbocycles. The number of likely N-dealkylation sites (N-methyl/N-ethyl adjacent to an activating group) is 1. The van der Waals surface area contributed by atoms with Gasteiger partial charge in [-0.15, -0.1) is 0 Å². The van der Waals surface area contributed by atoms with Crippen LogP contribution in [-0.2, 0) is 31.6 Å². The standard InChI is InChI=1S/C15H26N7O14P3/c1-20-2-4-21(5-3-20)15-17-8-11(18-14(16)19-12(8)25)22(15)13-10(24)9(23)7(34-13)6-33-38(29,30)36-39(31,32)35-37(26,27)28/h7,9-10,13,23-24H,2-6H2,1H3,(H,29,30)(H,31,32)(H2,26,27,28)(H3,16,18,19,25)/p-3/t7-,9?,10?,13-/m1/s1. The van der Waals surface area contributed by atoms with E-state index < -0.39 is 60.2 Å². The number of anilines is 2. The van der Waals surface area contributed by atoms with E-state index in [2.05, 4.69) is 28.1 Å². The van der Waals surface area contributed by atoms with Crippen LogP contribution in [0.25, 0.3) is 11.2 Å². The number of rotatable bonds is 9. The Kier molecular flexibility index (Phi) is 8.42. The number of aliphatic hydroxyl groups excluding tert-OH is 2. The summed E-state index contributed by atoms with van der Waals surface area (Å²) in [6, 6.07) is 0. The van der Waals surface area contributed by atoms with Gasteiger partial charge in [-0.25, -0.2) is 13.6 Å². The summed E-state index contributed by atoms with van der Waals surface area (Å²) < 4.78 is 51.7. The molecule has 4 heterocycles. The number of ether oxygens (including phenoxy) is 1. The van der Waals surface area contributed by atoms with Crippen LogP contribution in [-0.4, -0.2) is 97.7 Å². The molecule has 7 atom stereocenters. The zero-order valence-electron chi connectivity index (χ0n) is 19.8. The van der Waals surface area contributed by atoms with Crippen LogP contribution in [0.2, 0.25) is 0 Å². The van der Waals surface area contributed by atoms with E-state index >= 15 is 0 Å². The van der Waals surface area contributed by atoms with Gasteiger partial charge in [0.1, 0.15) is 18.3 Å². The highest BCUT2D eigenvalue weighted by molar-refractivity contribution is 7.65. The number of imidazole rings is 1. The number of nitrogens with zero attached hydrogens (tertiary/aromatic N) is 5. The van der Waals surface area contributed by atoms with Crippen LogP contribution in [0.3, 0.4) is 0 Å². The minimum atomic E-state index is -6.14. The summed E-state index contributed by atoms with van der Waals surface area (Å²) in [5.74, 6) is -0.154. The Hall–Kier alpha value is -1.80. The number of hydrogen-bond acceptors (Lipinski definition) is 18. The number of piperazine rings is 1. The zero-order chi connectivity index (χ0) is 28.9. The molecule has 0 aromatic carbocycles. The molecule has 2 aromatic heterocycles. The highest BCUT2D eigenvalue weighted by Crippen LogP contribution is 2.61. The summed E-state index contributed by atoms with van der Waals surface area (Å²) in [6.45, 7) is 1.00. The fourth-order valence-corrected chi connectivity index (χ4v) is 6.88. The van der Waals surface area contributed by atoms with Gasteiger partial charge in [0.05, 0.1) is 6.61 Å². The number of phosphoric ester groups is 1. The largest absolute Gasteiger partial charge is 0.756 e. The van der Waals surface area contributed by atoms with E-state index in [1.165, 1.54) is 4.57 Å². The monoisotopic (exact) mass is 618 g/mol.